The SMILES string of the molecule is N#CC1CN1C/C=C/c1ccccc1. The van der Waals surface area contributed by atoms with Crippen molar-refractivity contribution >= 4 is 6.08 Å². The van der Waals surface area contributed by atoms with E-state index in [2.05, 4.69) is 35.3 Å². The van der Waals surface area contributed by atoms with Crippen molar-refractivity contribution < 1.29 is 0 Å². The van der Waals surface area contributed by atoms with Gasteiger partial charge in [-0.25, -0.2) is 0 Å². The molecule has 0 spiro atoms. The van der Waals surface area contributed by atoms with Gasteiger partial charge in [-0.1, -0.05) is 42.5 Å². The summed E-state index contributed by atoms with van der Waals surface area (Å²) in [5, 5.41) is 8.58. The zero-order valence-corrected chi connectivity index (χ0v) is 7.93. The molecule has 1 fully saturated rings. The molecule has 0 N–H and O–H groups in total. The molecule has 0 radical (unpaired) electrons. The minimum absolute atomic E-state index is 0.162. The Kier molecular flexibility index (Phi) is 2.62. The third-order valence-corrected chi connectivity index (χ3v) is 2.31. The number of nitriles is 1. The van der Waals surface area contributed by atoms with Crippen molar-refractivity contribution in [2.75, 3.05) is 13.1 Å². The molecule has 1 aliphatic heterocycles. The predicted molar refractivity (Wildman–Crippen MR) is 56.5 cm³/mol. The van der Waals surface area contributed by atoms with Crippen LogP contribution in [0.25, 0.3) is 6.08 Å². The Bertz CT molecular complexity index is 362. The van der Waals surface area contributed by atoms with E-state index in [4.69, 9.17) is 5.26 Å². The first-order valence-corrected chi connectivity index (χ1v) is 4.75. The molecule has 2 rings (SSSR count). The molecular weight excluding hydrogens is 172 g/mol. The van der Waals surface area contributed by atoms with E-state index < -0.39 is 0 Å². The predicted octanol–water partition coefficient (Wildman–Crippen LogP) is 1.91. The lowest BCUT2D eigenvalue weighted by molar-refractivity contribution is 0.601. The van der Waals surface area contributed by atoms with E-state index in [0.29, 0.717) is 0 Å². The third kappa shape index (κ3) is 2.21. The summed E-state index contributed by atoms with van der Waals surface area (Å²) in [5.41, 5.74) is 1.21. The van der Waals surface area contributed by atoms with E-state index in [-0.39, 0.29) is 6.04 Å². The standard InChI is InChI=1S/C12H12N2/c13-9-12-10-14(12)8-4-7-11-5-2-1-3-6-11/h1-7,12H,8,10H2/b7-4+. The van der Waals surface area contributed by atoms with Crippen molar-refractivity contribution in [1.82, 2.24) is 4.90 Å². The Morgan fingerprint density at radius 1 is 1.43 bits per heavy atom. The van der Waals surface area contributed by atoms with Crippen molar-refractivity contribution in [3.63, 3.8) is 0 Å². The normalized spacial score (nSPS) is 24.8. The molecular formula is C12H12N2. The third-order valence-electron chi connectivity index (χ3n) is 2.31. The van der Waals surface area contributed by atoms with Gasteiger partial charge in [-0.2, -0.15) is 5.26 Å². The fourth-order valence-corrected chi connectivity index (χ4v) is 1.39. The Balaban J connectivity index is 1.82. The van der Waals surface area contributed by atoms with Crippen LogP contribution in [-0.2, 0) is 0 Å². The smallest absolute Gasteiger partial charge is 0.111 e. The van der Waals surface area contributed by atoms with E-state index in [9.17, 15) is 0 Å². The molecule has 0 aliphatic carbocycles. The largest absolute Gasteiger partial charge is 0.281 e. The molecule has 1 aromatic carbocycles. The highest BCUT2D eigenvalue weighted by molar-refractivity contribution is 5.48. The quantitative estimate of drug-likeness (QED) is 0.671. The van der Waals surface area contributed by atoms with Crippen LogP contribution in [0.2, 0.25) is 0 Å². The number of rotatable bonds is 3. The van der Waals surface area contributed by atoms with Crippen LogP contribution < -0.4 is 0 Å². The molecule has 0 aromatic heterocycles. The highest BCUT2D eigenvalue weighted by Gasteiger charge is 2.32. The van der Waals surface area contributed by atoms with Crippen LogP contribution >= 0.6 is 0 Å². The minimum Gasteiger partial charge on any atom is -0.281 e. The molecule has 1 heterocycles. The Morgan fingerprint density at radius 2 is 2.21 bits per heavy atom. The van der Waals surface area contributed by atoms with Crippen LogP contribution in [0.1, 0.15) is 5.56 Å². The summed E-state index contributed by atoms with van der Waals surface area (Å²) in [6, 6.07) is 12.6. The number of hydrogen-bond acceptors (Lipinski definition) is 2. The number of nitrogens with zero attached hydrogens (tertiary/aromatic N) is 2. The lowest BCUT2D eigenvalue weighted by Crippen LogP contribution is -1.98. The topological polar surface area (TPSA) is 26.8 Å². The van der Waals surface area contributed by atoms with Gasteiger partial charge in [0.15, 0.2) is 0 Å². The summed E-state index contributed by atoms with van der Waals surface area (Å²) in [4.78, 5) is 2.12. The van der Waals surface area contributed by atoms with Crippen LogP contribution in [0.3, 0.4) is 0 Å². The maximum Gasteiger partial charge on any atom is 0.111 e. The second-order valence-corrected chi connectivity index (χ2v) is 3.41. The van der Waals surface area contributed by atoms with Crippen molar-refractivity contribution in [2.45, 2.75) is 6.04 Å². The zero-order chi connectivity index (χ0) is 9.80. The van der Waals surface area contributed by atoms with Crippen LogP contribution in [-0.4, -0.2) is 24.0 Å². The molecule has 70 valence electrons. The van der Waals surface area contributed by atoms with Gasteiger partial charge in [-0.05, 0) is 5.56 Å². The number of hydrogen-bond donors (Lipinski definition) is 0. The molecule has 2 nitrogen and oxygen atoms in total. The Labute approximate surface area is 84.1 Å². The first-order valence-electron chi connectivity index (χ1n) is 4.75. The first kappa shape index (κ1) is 8.98. The van der Waals surface area contributed by atoms with Crippen molar-refractivity contribution in [3.8, 4) is 6.07 Å². The van der Waals surface area contributed by atoms with Crippen LogP contribution in [0.4, 0.5) is 0 Å². The summed E-state index contributed by atoms with van der Waals surface area (Å²) in [6.07, 6.45) is 4.19. The average molecular weight is 184 g/mol. The van der Waals surface area contributed by atoms with E-state index in [1.54, 1.807) is 0 Å². The van der Waals surface area contributed by atoms with Crippen LogP contribution in [0.5, 0.6) is 0 Å². The van der Waals surface area contributed by atoms with E-state index >= 15 is 0 Å². The summed E-state index contributed by atoms with van der Waals surface area (Å²) in [5.74, 6) is 0. The Hall–Kier alpha value is -1.59. The van der Waals surface area contributed by atoms with E-state index in [1.807, 2.05) is 18.2 Å². The molecule has 0 amide bonds. The van der Waals surface area contributed by atoms with Crippen LogP contribution in [0.15, 0.2) is 36.4 Å². The fourth-order valence-electron chi connectivity index (χ4n) is 1.39. The summed E-state index contributed by atoms with van der Waals surface area (Å²) in [7, 11) is 0. The first-order chi connectivity index (χ1) is 6.90. The lowest BCUT2D eigenvalue weighted by Gasteiger charge is -1.93. The molecule has 1 saturated heterocycles. The lowest BCUT2D eigenvalue weighted by atomic mass is 10.2. The molecule has 14 heavy (non-hydrogen) atoms. The molecule has 0 saturated carbocycles. The van der Waals surface area contributed by atoms with Gasteiger partial charge in [0.2, 0.25) is 0 Å². The van der Waals surface area contributed by atoms with Gasteiger partial charge in [-0.3, -0.25) is 4.90 Å². The molecule has 1 aromatic rings. The Morgan fingerprint density at radius 3 is 2.86 bits per heavy atom. The fraction of sp³-hybridized carbons (Fsp3) is 0.250. The van der Waals surface area contributed by atoms with Gasteiger partial charge in [-0.15, -0.1) is 0 Å². The monoisotopic (exact) mass is 184 g/mol. The molecule has 2 unspecified atom stereocenters. The van der Waals surface area contributed by atoms with Crippen LogP contribution in [0, 0.1) is 11.3 Å². The molecule has 2 heteroatoms. The summed E-state index contributed by atoms with van der Waals surface area (Å²) >= 11 is 0. The van der Waals surface area contributed by atoms with Gasteiger partial charge in [0.1, 0.15) is 6.04 Å². The van der Waals surface area contributed by atoms with Gasteiger partial charge in [0, 0.05) is 13.1 Å². The second kappa shape index (κ2) is 4.08. The summed E-state index contributed by atoms with van der Waals surface area (Å²) in [6.45, 7) is 1.81. The minimum atomic E-state index is 0.162. The highest BCUT2D eigenvalue weighted by Crippen LogP contribution is 2.15. The maximum absolute atomic E-state index is 8.58. The zero-order valence-electron chi connectivity index (χ0n) is 7.93. The highest BCUT2D eigenvalue weighted by atomic mass is 15.3. The van der Waals surface area contributed by atoms with E-state index in [1.165, 1.54) is 5.56 Å². The maximum atomic E-state index is 8.58. The molecule has 0 bridgehead atoms. The van der Waals surface area contributed by atoms with Gasteiger partial charge in [0.25, 0.3) is 0 Å². The van der Waals surface area contributed by atoms with E-state index in [0.717, 1.165) is 13.1 Å². The van der Waals surface area contributed by atoms with Crippen molar-refractivity contribution in [1.29, 1.82) is 5.26 Å². The summed E-state index contributed by atoms with van der Waals surface area (Å²) < 4.78 is 0. The molecule has 2 atom stereocenters. The van der Waals surface area contributed by atoms with Gasteiger partial charge >= 0.3 is 0 Å². The van der Waals surface area contributed by atoms with Crippen molar-refractivity contribution in [2.24, 2.45) is 0 Å². The molecule has 1 aliphatic rings. The van der Waals surface area contributed by atoms with Gasteiger partial charge < -0.3 is 0 Å². The van der Waals surface area contributed by atoms with Crippen molar-refractivity contribution in [3.05, 3.63) is 42.0 Å². The van der Waals surface area contributed by atoms with Gasteiger partial charge in [0.05, 0.1) is 6.07 Å². The second-order valence-electron chi connectivity index (χ2n) is 3.41. The average Bonchev–Trinajstić information content (AvgIpc) is 2.98. The number of benzene rings is 1.